The first-order chi connectivity index (χ1) is 14.3. The topological polar surface area (TPSA) is 44.5 Å². The number of rotatable bonds is 4. The average molecular weight is 375 g/mol. The zero-order valence-electron chi connectivity index (χ0n) is 16.2. The number of nitrogens with one attached hydrogen (secondary N) is 2. The molecule has 0 saturated carbocycles. The van der Waals surface area contributed by atoms with Crippen molar-refractivity contribution in [3.63, 3.8) is 0 Å². The third-order valence-corrected chi connectivity index (χ3v) is 5.34. The number of benzene rings is 2. The Morgan fingerprint density at radius 3 is 2.55 bits per heavy atom. The highest BCUT2D eigenvalue weighted by atomic mass is 14.9. The van der Waals surface area contributed by atoms with Crippen LogP contribution >= 0.6 is 0 Å². The summed E-state index contributed by atoms with van der Waals surface area (Å²) in [6.07, 6.45) is 10.0. The lowest BCUT2D eigenvalue weighted by molar-refractivity contribution is 1.36. The van der Waals surface area contributed by atoms with Crippen LogP contribution in [0.5, 0.6) is 0 Å². The maximum Gasteiger partial charge on any atom is 0.140 e. The van der Waals surface area contributed by atoms with E-state index in [2.05, 4.69) is 65.1 Å². The lowest BCUT2D eigenvalue weighted by Crippen LogP contribution is -1.85. The molecule has 140 valence electrons. The Morgan fingerprint density at radius 2 is 1.76 bits per heavy atom. The van der Waals surface area contributed by atoms with Gasteiger partial charge in [-0.15, -0.1) is 0 Å². The van der Waals surface area contributed by atoms with Gasteiger partial charge in [-0.1, -0.05) is 79.4 Å². The number of H-pyrrole nitrogens is 2. The summed E-state index contributed by atoms with van der Waals surface area (Å²) in [6.45, 7) is 6.09. The Balaban J connectivity index is 1.95. The molecule has 0 atom stereocenters. The second-order valence-electron chi connectivity index (χ2n) is 7.03. The lowest BCUT2D eigenvalue weighted by atomic mass is 9.98. The Labute approximate surface area is 169 Å². The monoisotopic (exact) mass is 375 g/mol. The van der Waals surface area contributed by atoms with E-state index in [4.69, 9.17) is 4.98 Å². The number of allylic oxidation sites excluding steroid dienone is 5. The minimum Gasteiger partial charge on any atom is -0.353 e. The van der Waals surface area contributed by atoms with E-state index >= 15 is 0 Å². The third kappa shape index (κ3) is 2.71. The molecular weight excluding hydrogens is 354 g/mol. The normalized spacial score (nSPS) is 12.5. The molecule has 2 N–H and O–H groups in total. The highest BCUT2D eigenvalue weighted by molar-refractivity contribution is 6.20. The predicted molar refractivity (Wildman–Crippen MR) is 124 cm³/mol. The molecule has 0 aliphatic heterocycles. The summed E-state index contributed by atoms with van der Waals surface area (Å²) in [6, 6.07) is 18.8. The summed E-state index contributed by atoms with van der Waals surface area (Å²) < 4.78 is 0. The predicted octanol–water partition coefficient (Wildman–Crippen LogP) is 7.01. The fraction of sp³-hybridized carbons (Fsp3) is 0.0385. The summed E-state index contributed by atoms with van der Waals surface area (Å²) in [4.78, 5) is 11.9. The number of aromatic amines is 2. The molecule has 0 amide bonds. The SMILES string of the molecule is C=C/C(=C\C=C/C)c1c(-c2ccccc2)[nH]c2c1cnc1[nH]c3ccccc3c12. The van der Waals surface area contributed by atoms with Crippen molar-refractivity contribution in [2.24, 2.45) is 0 Å². The van der Waals surface area contributed by atoms with Gasteiger partial charge >= 0.3 is 0 Å². The lowest BCUT2D eigenvalue weighted by Gasteiger charge is -2.06. The quantitative estimate of drug-likeness (QED) is 0.326. The molecule has 0 aliphatic rings. The second-order valence-corrected chi connectivity index (χ2v) is 7.03. The fourth-order valence-electron chi connectivity index (χ4n) is 4.02. The van der Waals surface area contributed by atoms with E-state index in [1.54, 1.807) is 0 Å². The molecule has 0 radical (unpaired) electrons. The first-order valence-electron chi connectivity index (χ1n) is 9.74. The third-order valence-electron chi connectivity index (χ3n) is 5.34. The summed E-state index contributed by atoms with van der Waals surface area (Å²) in [5.74, 6) is 0. The van der Waals surface area contributed by atoms with Crippen molar-refractivity contribution in [1.82, 2.24) is 15.0 Å². The number of hydrogen-bond acceptors (Lipinski definition) is 1. The van der Waals surface area contributed by atoms with Crippen LogP contribution in [0, 0.1) is 0 Å². The summed E-state index contributed by atoms with van der Waals surface area (Å²) in [5, 5.41) is 3.39. The van der Waals surface area contributed by atoms with E-state index in [0.29, 0.717) is 0 Å². The van der Waals surface area contributed by atoms with Crippen molar-refractivity contribution in [2.75, 3.05) is 0 Å². The molecule has 5 rings (SSSR count). The number of fused-ring (bicyclic) bond motifs is 5. The molecular formula is C26H21N3. The highest BCUT2D eigenvalue weighted by Crippen LogP contribution is 2.39. The van der Waals surface area contributed by atoms with E-state index in [1.807, 2.05) is 43.5 Å². The Bertz CT molecular complexity index is 1410. The zero-order valence-corrected chi connectivity index (χ0v) is 16.2. The van der Waals surface area contributed by atoms with Crippen LogP contribution in [0.25, 0.3) is 49.7 Å². The van der Waals surface area contributed by atoms with Crippen molar-refractivity contribution in [1.29, 1.82) is 0 Å². The molecule has 5 aromatic rings. The van der Waals surface area contributed by atoms with Gasteiger partial charge in [0.25, 0.3) is 0 Å². The Morgan fingerprint density at radius 1 is 0.966 bits per heavy atom. The molecule has 0 spiro atoms. The van der Waals surface area contributed by atoms with Crippen molar-refractivity contribution in [2.45, 2.75) is 6.92 Å². The van der Waals surface area contributed by atoms with Crippen LogP contribution in [0.1, 0.15) is 12.5 Å². The van der Waals surface area contributed by atoms with Crippen LogP contribution in [-0.4, -0.2) is 15.0 Å². The van der Waals surface area contributed by atoms with E-state index in [0.717, 1.165) is 49.8 Å². The standard InChI is InChI=1S/C26H21N3/c1-3-5-11-17(4-2)22-20-16-27-26-23(19-14-9-10-15-21(19)28-26)25(20)29-24(22)18-12-7-6-8-13-18/h3-16,29H,2H2,1H3,(H,27,28)/b5-3-,17-11+. The molecule has 3 aromatic heterocycles. The van der Waals surface area contributed by atoms with Crippen molar-refractivity contribution < 1.29 is 0 Å². The smallest absolute Gasteiger partial charge is 0.140 e. The minimum atomic E-state index is 0.892. The van der Waals surface area contributed by atoms with Crippen molar-refractivity contribution >= 4 is 38.4 Å². The first-order valence-corrected chi connectivity index (χ1v) is 9.74. The number of aromatic nitrogens is 3. The van der Waals surface area contributed by atoms with Crippen LogP contribution in [0.3, 0.4) is 0 Å². The van der Waals surface area contributed by atoms with Gasteiger partial charge in [0.1, 0.15) is 5.65 Å². The van der Waals surface area contributed by atoms with Gasteiger partial charge < -0.3 is 9.97 Å². The number of para-hydroxylation sites is 1. The van der Waals surface area contributed by atoms with Gasteiger partial charge in [0.2, 0.25) is 0 Å². The van der Waals surface area contributed by atoms with Gasteiger partial charge in [-0.3, -0.25) is 0 Å². The molecule has 3 heterocycles. The van der Waals surface area contributed by atoms with Crippen LogP contribution in [0.15, 0.2) is 91.7 Å². The van der Waals surface area contributed by atoms with E-state index < -0.39 is 0 Å². The van der Waals surface area contributed by atoms with Crippen molar-refractivity contribution in [3.8, 4) is 11.3 Å². The van der Waals surface area contributed by atoms with Gasteiger partial charge in [0.15, 0.2) is 0 Å². The second kappa shape index (κ2) is 6.95. The minimum absolute atomic E-state index is 0.892. The molecule has 3 nitrogen and oxygen atoms in total. The van der Waals surface area contributed by atoms with Crippen LogP contribution in [0.4, 0.5) is 0 Å². The Kier molecular flexibility index (Phi) is 4.14. The van der Waals surface area contributed by atoms with Gasteiger partial charge in [-0.05, 0) is 24.1 Å². The molecule has 3 heteroatoms. The summed E-state index contributed by atoms with van der Waals surface area (Å²) in [5.41, 5.74) is 7.48. The van der Waals surface area contributed by atoms with Gasteiger partial charge in [-0.25, -0.2) is 4.98 Å². The first kappa shape index (κ1) is 17.3. The van der Waals surface area contributed by atoms with Crippen molar-refractivity contribution in [3.05, 3.63) is 97.2 Å². The molecule has 0 aliphatic carbocycles. The molecule has 0 saturated heterocycles. The van der Waals surface area contributed by atoms with E-state index in [-0.39, 0.29) is 0 Å². The maximum absolute atomic E-state index is 4.76. The van der Waals surface area contributed by atoms with Crippen LogP contribution in [0.2, 0.25) is 0 Å². The Hall–Kier alpha value is -3.85. The van der Waals surface area contributed by atoms with Gasteiger partial charge in [0.05, 0.1) is 16.6 Å². The van der Waals surface area contributed by atoms with Gasteiger partial charge in [0, 0.05) is 28.0 Å². The van der Waals surface area contributed by atoms with E-state index in [1.165, 1.54) is 5.39 Å². The van der Waals surface area contributed by atoms with E-state index in [9.17, 15) is 0 Å². The fourth-order valence-corrected chi connectivity index (χ4v) is 4.02. The summed E-state index contributed by atoms with van der Waals surface area (Å²) in [7, 11) is 0. The maximum atomic E-state index is 4.76. The van der Waals surface area contributed by atoms with Crippen LogP contribution in [-0.2, 0) is 0 Å². The largest absolute Gasteiger partial charge is 0.353 e. The van der Waals surface area contributed by atoms with Gasteiger partial charge in [-0.2, -0.15) is 0 Å². The zero-order chi connectivity index (χ0) is 19.8. The molecule has 0 fully saturated rings. The summed E-state index contributed by atoms with van der Waals surface area (Å²) >= 11 is 0. The number of hydrogen-bond donors (Lipinski definition) is 2. The highest BCUT2D eigenvalue weighted by Gasteiger charge is 2.19. The molecule has 29 heavy (non-hydrogen) atoms. The molecule has 2 aromatic carbocycles. The number of pyridine rings is 1. The molecule has 0 bridgehead atoms. The van der Waals surface area contributed by atoms with Crippen LogP contribution < -0.4 is 0 Å². The molecule has 0 unspecified atom stereocenters. The number of nitrogens with zero attached hydrogens (tertiary/aromatic N) is 1. The average Bonchev–Trinajstić information content (AvgIpc) is 3.33.